The van der Waals surface area contributed by atoms with Gasteiger partial charge in [0.2, 0.25) is 15.9 Å². The van der Waals surface area contributed by atoms with E-state index in [-0.39, 0.29) is 30.8 Å². The quantitative estimate of drug-likeness (QED) is 0.766. The Labute approximate surface area is 152 Å². The van der Waals surface area contributed by atoms with E-state index in [9.17, 15) is 22.4 Å². The monoisotopic (exact) mass is 386 g/mol. The molecule has 1 aliphatic rings. The maximum absolute atomic E-state index is 12.7. The molecule has 7 nitrogen and oxygen atoms in total. The molecule has 0 saturated carbocycles. The summed E-state index contributed by atoms with van der Waals surface area (Å²) < 4.78 is 39.4. The van der Waals surface area contributed by atoms with Crippen LogP contribution >= 0.6 is 0 Å². The lowest BCUT2D eigenvalue weighted by Crippen LogP contribution is -2.48. The van der Waals surface area contributed by atoms with E-state index in [1.54, 1.807) is 18.2 Å². The van der Waals surface area contributed by atoms with E-state index in [2.05, 4.69) is 5.32 Å². The van der Waals surface area contributed by atoms with Gasteiger partial charge in [0.25, 0.3) is 0 Å². The molecular formula is C17H23FN2O5S. The third-order valence-corrected chi connectivity index (χ3v) is 6.60. The second kappa shape index (κ2) is 8.13. The van der Waals surface area contributed by atoms with Gasteiger partial charge in [-0.25, -0.2) is 17.6 Å². The summed E-state index contributed by atoms with van der Waals surface area (Å²) in [6.07, 6.45) is 0.517. The Morgan fingerprint density at radius 2 is 1.88 bits per heavy atom. The molecule has 1 heterocycles. The van der Waals surface area contributed by atoms with E-state index in [1.807, 2.05) is 13.8 Å². The Kier molecular flexibility index (Phi) is 6.35. The average Bonchev–Trinajstić information content (AvgIpc) is 2.61. The van der Waals surface area contributed by atoms with Gasteiger partial charge in [0, 0.05) is 19.0 Å². The van der Waals surface area contributed by atoms with Gasteiger partial charge in [-0.2, -0.15) is 4.31 Å². The molecule has 0 bridgehead atoms. The van der Waals surface area contributed by atoms with Crippen LogP contribution in [0, 0.1) is 19.8 Å². The van der Waals surface area contributed by atoms with Crippen LogP contribution in [0.25, 0.3) is 0 Å². The summed E-state index contributed by atoms with van der Waals surface area (Å²) in [5, 5.41) is 10.9. The first-order chi connectivity index (χ1) is 12.2. The molecule has 0 spiro atoms. The van der Waals surface area contributed by atoms with Gasteiger partial charge in [0.05, 0.1) is 4.90 Å². The van der Waals surface area contributed by atoms with Crippen LogP contribution in [0.1, 0.15) is 24.0 Å². The summed E-state index contributed by atoms with van der Waals surface area (Å²) in [6.45, 7) is 2.86. The molecule has 1 fully saturated rings. The molecule has 1 aromatic rings. The zero-order chi connectivity index (χ0) is 19.5. The molecule has 0 radical (unpaired) electrons. The first-order valence-corrected chi connectivity index (χ1v) is 9.77. The Morgan fingerprint density at radius 3 is 2.38 bits per heavy atom. The van der Waals surface area contributed by atoms with Crippen LogP contribution in [0.4, 0.5) is 4.39 Å². The fraction of sp³-hybridized carbons (Fsp3) is 0.529. The van der Waals surface area contributed by atoms with Crippen molar-refractivity contribution in [3.05, 3.63) is 29.3 Å². The molecule has 1 atom stereocenters. The number of halogens is 1. The highest BCUT2D eigenvalue weighted by molar-refractivity contribution is 7.89. The Bertz CT molecular complexity index is 788. The number of carbonyl (C=O) groups excluding carboxylic acids is 1. The van der Waals surface area contributed by atoms with Crippen molar-refractivity contribution in [2.75, 3.05) is 19.8 Å². The number of alkyl halides is 1. The van der Waals surface area contributed by atoms with Gasteiger partial charge < -0.3 is 10.4 Å². The topological polar surface area (TPSA) is 104 Å². The summed E-state index contributed by atoms with van der Waals surface area (Å²) in [5.41, 5.74) is 1.88. The Morgan fingerprint density at radius 1 is 1.27 bits per heavy atom. The molecule has 1 saturated heterocycles. The van der Waals surface area contributed by atoms with Crippen LogP contribution < -0.4 is 5.32 Å². The first kappa shape index (κ1) is 20.3. The number of aryl methyl sites for hydroxylation is 2. The lowest BCUT2D eigenvalue weighted by atomic mass is 9.97. The summed E-state index contributed by atoms with van der Waals surface area (Å²) in [6, 6.07) is 3.38. The summed E-state index contributed by atoms with van der Waals surface area (Å²) in [5.74, 6) is -2.52. The van der Waals surface area contributed by atoms with Gasteiger partial charge in [-0.15, -0.1) is 0 Å². The molecular weight excluding hydrogens is 363 g/mol. The summed E-state index contributed by atoms with van der Waals surface area (Å²) >= 11 is 0. The zero-order valence-corrected chi connectivity index (χ0v) is 15.6. The van der Waals surface area contributed by atoms with Gasteiger partial charge >= 0.3 is 5.97 Å². The van der Waals surface area contributed by atoms with Crippen molar-refractivity contribution in [2.45, 2.75) is 37.6 Å². The number of carboxylic acid groups (broad SMARTS) is 1. The minimum atomic E-state index is -3.64. The Balaban J connectivity index is 2.02. The molecule has 1 aliphatic heterocycles. The van der Waals surface area contributed by atoms with Crippen molar-refractivity contribution in [2.24, 2.45) is 5.92 Å². The van der Waals surface area contributed by atoms with Crippen molar-refractivity contribution in [3.63, 3.8) is 0 Å². The van der Waals surface area contributed by atoms with Crippen LogP contribution in [0.2, 0.25) is 0 Å². The number of rotatable bonds is 6. The van der Waals surface area contributed by atoms with Crippen molar-refractivity contribution < 1.29 is 27.5 Å². The van der Waals surface area contributed by atoms with Gasteiger partial charge in [-0.05, 0) is 49.9 Å². The van der Waals surface area contributed by atoms with Crippen molar-refractivity contribution in [1.29, 1.82) is 0 Å². The predicted molar refractivity (Wildman–Crippen MR) is 92.9 cm³/mol. The van der Waals surface area contributed by atoms with Gasteiger partial charge in [-0.3, -0.25) is 4.79 Å². The number of carboxylic acids is 1. The third-order valence-electron chi connectivity index (χ3n) is 4.71. The van der Waals surface area contributed by atoms with E-state index in [0.717, 1.165) is 11.1 Å². The minimum Gasteiger partial charge on any atom is -0.480 e. The van der Waals surface area contributed by atoms with Gasteiger partial charge in [0.1, 0.15) is 6.67 Å². The highest BCUT2D eigenvalue weighted by atomic mass is 32.2. The van der Waals surface area contributed by atoms with E-state index in [1.165, 1.54) is 4.31 Å². The largest absolute Gasteiger partial charge is 0.480 e. The number of carbonyl (C=O) groups is 2. The van der Waals surface area contributed by atoms with Crippen LogP contribution in [-0.2, 0) is 19.6 Å². The molecule has 9 heteroatoms. The van der Waals surface area contributed by atoms with Crippen LogP contribution in [0.5, 0.6) is 0 Å². The minimum absolute atomic E-state index is 0.153. The number of aliphatic carboxylic acids is 1. The number of nitrogens with zero attached hydrogens (tertiary/aromatic N) is 1. The van der Waals surface area contributed by atoms with E-state index >= 15 is 0 Å². The number of nitrogens with one attached hydrogen (secondary N) is 1. The first-order valence-electron chi connectivity index (χ1n) is 8.33. The summed E-state index contributed by atoms with van der Waals surface area (Å²) in [7, 11) is -3.64. The molecule has 2 rings (SSSR count). The maximum atomic E-state index is 12.7. The lowest BCUT2D eigenvalue weighted by Gasteiger charge is -2.31. The number of hydrogen-bond acceptors (Lipinski definition) is 4. The number of hydrogen-bond donors (Lipinski definition) is 2. The second-order valence-electron chi connectivity index (χ2n) is 6.48. The number of amides is 1. The molecule has 1 aromatic carbocycles. The molecule has 0 aromatic heterocycles. The average molecular weight is 386 g/mol. The van der Waals surface area contributed by atoms with Gasteiger partial charge in [-0.1, -0.05) is 6.07 Å². The van der Waals surface area contributed by atoms with Gasteiger partial charge in [0.15, 0.2) is 6.04 Å². The fourth-order valence-electron chi connectivity index (χ4n) is 2.84. The number of sulfonamides is 1. The van der Waals surface area contributed by atoms with Crippen LogP contribution in [0.3, 0.4) is 0 Å². The molecule has 2 N–H and O–H groups in total. The molecule has 26 heavy (non-hydrogen) atoms. The molecule has 1 unspecified atom stereocenters. The Hall–Kier alpha value is -2.00. The third kappa shape index (κ3) is 4.39. The number of benzene rings is 1. The number of piperidine rings is 1. The van der Waals surface area contributed by atoms with Crippen LogP contribution in [0.15, 0.2) is 23.1 Å². The zero-order valence-electron chi connectivity index (χ0n) is 14.7. The molecule has 0 aliphatic carbocycles. The van der Waals surface area contributed by atoms with E-state index < -0.39 is 40.5 Å². The highest BCUT2D eigenvalue weighted by Gasteiger charge is 2.33. The maximum Gasteiger partial charge on any atom is 0.328 e. The van der Waals surface area contributed by atoms with Crippen molar-refractivity contribution in [3.8, 4) is 0 Å². The standard InChI is InChI=1S/C17H23FN2O5S/c1-11-3-4-14(9-12(11)2)26(24,25)20-7-5-13(6-8-20)16(21)19-15(10-18)17(22)23/h3-4,9,13,15H,5-8,10H2,1-2H3,(H,19,21)(H,22,23). The van der Waals surface area contributed by atoms with E-state index in [0.29, 0.717) is 0 Å². The van der Waals surface area contributed by atoms with Crippen molar-refractivity contribution >= 4 is 21.9 Å². The molecule has 1 amide bonds. The lowest BCUT2D eigenvalue weighted by molar-refractivity contribution is -0.143. The van der Waals surface area contributed by atoms with Crippen molar-refractivity contribution in [1.82, 2.24) is 9.62 Å². The van der Waals surface area contributed by atoms with E-state index in [4.69, 9.17) is 5.11 Å². The SMILES string of the molecule is Cc1ccc(S(=O)(=O)N2CCC(C(=O)NC(CF)C(=O)O)CC2)cc1C. The highest BCUT2D eigenvalue weighted by Crippen LogP contribution is 2.25. The molecule has 144 valence electrons. The fourth-order valence-corrected chi connectivity index (χ4v) is 4.39. The smallest absolute Gasteiger partial charge is 0.328 e. The second-order valence-corrected chi connectivity index (χ2v) is 8.42. The summed E-state index contributed by atoms with van der Waals surface area (Å²) in [4.78, 5) is 23.1. The normalized spacial score (nSPS) is 17.7. The predicted octanol–water partition coefficient (Wildman–Crippen LogP) is 1.24. The van der Waals surface area contributed by atoms with Crippen LogP contribution in [-0.4, -0.2) is 55.5 Å².